The second-order valence-electron chi connectivity index (χ2n) is 3.12. The summed E-state index contributed by atoms with van der Waals surface area (Å²) in [5.41, 5.74) is -1.30. The molecule has 0 aliphatic heterocycles. The van der Waals surface area contributed by atoms with E-state index < -0.39 is 30.8 Å². The normalized spacial score (nSPS) is 11.8. The van der Waals surface area contributed by atoms with Crippen molar-refractivity contribution in [3.8, 4) is 0 Å². The van der Waals surface area contributed by atoms with Gasteiger partial charge in [-0.25, -0.2) is 4.79 Å². The van der Waals surface area contributed by atoms with Crippen LogP contribution in [0.4, 0.5) is 13.2 Å². The Morgan fingerprint density at radius 1 is 1.41 bits per heavy atom. The van der Waals surface area contributed by atoms with Crippen molar-refractivity contribution in [2.45, 2.75) is 12.9 Å². The van der Waals surface area contributed by atoms with Crippen molar-refractivity contribution in [3.05, 3.63) is 30.6 Å². The number of hydrogen-bond donors (Lipinski definition) is 0. The van der Waals surface area contributed by atoms with Gasteiger partial charge in [0.2, 0.25) is 0 Å². The highest BCUT2D eigenvalue weighted by Gasteiger charge is 2.28. The Kier molecular flexibility index (Phi) is 4.36. The van der Waals surface area contributed by atoms with Crippen LogP contribution in [0.25, 0.3) is 0 Å². The predicted molar refractivity (Wildman–Crippen MR) is 60.7 cm³/mol. The van der Waals surface area contributed by atoms with Crippen molar-refractivity contribution < 1.29 is 17.9 Å². The first-order valence-corrected chi connectivity index (χ1v) is 5.47. The molecule has 0 aliphatic rings. The number of alkyl halides is 3. The van der Waals surface area contributed by atoms with Crippen LogP contribution in [0.5, 0.6) is 0 Å². The molecule has 1 heterocycles. The lowest BCUT2D eigenvalue weighted by Crippen LogP contribution is -2.41. The van der Waals surface area contributed by atoms with E-state index in [1.165, 1.54) is 13.2 Å². The summed E-state index contributed by atoms with van der Waals surface area (Å²) in [6, 6.07) is 0. The molecule has 0 aliphatic carbocycles. The van der Waals surface area contributed by atoms with Crippen LogP contribution in [0.1, 0.15) is 0 Å². The van der Waals surface area contributed by atoms with Gasteiger partial charge in [-0.15, -0.1) is 13.2 Å². The van der Waals surface area contributed by atoms with Gasteiger partial charge in [0.25, 0.3) is 5.56 Å². The highest BCUT2D eigenvalue weighted by molar-refractivity contribution is 14.1. The van der Waals surface area contributed by atoms with Crippen molar-refractivity contribution in [2.24, 2.45) is 7.05 Å². The van der Waals surface area contributed by atoms with Crippen LogP contribution in [0, 0.1) is 3.57 Å². The number of nitrogens with zero attached hydrogens (tertiary/aromatic N) is 2. The molecule has 0 amide bonds. The maximum absolute atomic E-state index is 11.7. The van der Waals surface area contributed by atoms with Gasteiger partial charge in [0.15, 0.2) is 0 Å². The van der Waals surface area contributed by atoms with Crippen LogP contribution in [-0.2, 0) is 18.3 Å². The quantitative estimate of drug-likeness (QED) is 0.742. The van der Waals surface area contributed by atoms with Gasteiger partial charge in [0.05, 0.1) is 16.7 Å². The monoisotopic (exact) mass is 364 g/mol. The third kappa shape index (κ3) is 3.84. The molecule has 0 saturated heterocycles. The van der Waals surface area contributed by atoms with Gasteiger partial charge in [-0.1, -0.05) is 0 Å². The number of aryl methyl sites for hydroxylation is 1. The molecular weight excluding hydrogens is 356 g/mol. The first-order valence-electron chi connectivity index (χ1n) is 4.39. The molecule has 0 saturated carbocycles. The molecule has 5 nitrogen and oxygen atoms in total. The number of aromatic nitrogens is 2. The van der Waals surface area contributed by atoms with E-state index in [9.17, 15) is 22.8 Å². The van der Waals surface area contributed by atoms with Crippen LogP contribution < -0.4 is 11.2 Å². The third-order valence-electron chi connectivity index (χ3n) is 1.87. The molecular formula is C8H8F3IN2O3. The molecule has 0 aromatic carbocycles. The molecule has 1 aromatic heterocycles. The zero-order valence-electron chi connectivity index (χ0n) is 8.62. The molecule has 1 aromatic rings. The van der Waals surface area contributed by atoms with E-state index in [0.717, 1.165) is 4.57 Å². The number of halogens is 4. The average molecular weight is 364 g/mol. The molecule has 0 unspecified atom stereocenters. The summed E-state index contributed by atoms with van der Waals surface area (Å²) in [6.45, 7) is -1.22. The van der Waals surface area contributed by atoms with E-state index in [1.807, 2.05) is 0 Å². The first-order chi connectivity index (χ1) is 7.72. The van der Waals surface area contributed by atoms with Crippen molar-refractivity contribution in [1.29, 1.82) is 0 Å². The van der Waals surface area contributed by atoms with Crippen LogP contribution in [0.15, 0.2) is 15.8 Å². The Morgan fingerprint density at radius 2 is 2.00 bits per heavy atom. The van der Waals surface area contributed by atoms with E-state index in [-0.39, 0.29) is 3.57 Å². The lowest BCUT2D eigenvalue weighted by molar-refractivity contribution is -0.325. The summed E-state index contributed by atoms with van der Waals surface area (Å²) in [5.74, 6) is 0. The summed E-state index contributed by atoms with van der Waals surface area (Å²) in [4.78, 5) is 23.0. The van der Waals surface area contributed by atoms with Gasteiger partial charge in [0.1, 0.15) is 0 Å². The minimum absolute atomic E-state index is 0.247. The fourth-order valence-corrected chi connectivity index (χ4v) is 1.85. The molecule has 9 heteroatoms. The van der Waals surface area contributed by atoms with Gasteiger partial charge in [0, 0.05) is 13.2 Å². The zero-order chi connectivity index (χ0) is 13.2. The van der Waals surface area contributed by atoms with Crippen molar-refractivity contribution in [3.63, 3.8) is 0 Å². The highest BCUT2D eigenvalue weighted by Crippen LogP contribution is 2.15. The lowest BCUT2D eigenvalue weighted by atomic mass is 10.5. The highest BCUT2D eigenvalue weighted by atomic mass is 127. The maximum Gasteiger partial charge on any atom is 0.522 e. The second kappa shape index (κ2) is 5.21. The van der Waals surface area contributed by atoms with Crippen LogP contribution in [-0.4, -0.2) is 22.1 Å². The molecule has 96 valence electrons. The van der Waals surface area contributed by atoms with E-state index in [1.54, 1.807) is 22.6 Å². The minimum Gasteiger partial charge on any atom is -0.302 e. The molecule has 0 radical (unpaired) electrons. The summed E-state index contributed by atoms with van der Waals surface area (Å²) in [6.07, 6.45) is -3.46. The number of rotatable bonds is 3. The van der Waals surface area contributed by atoms with Crippen molar-refractivity contribution in [2.75, 3.05) is 6.61 Å². The Balaban J connectivity index is 2.92. The third-order valence-corrected chi connectivity index (χ3v) is 2.61. The Hall–Kier alpha value is -0.840. The van der Waals surface area contributed by atoms with Crippen LogP contribution in [0.2, 0.25) is 0 Å². The smallest absolute Gasteiger partial charge is 0.302 e. The van der Waals surface area contributed by atoms with Crippen LogP contribution >= 0.6 is 22.6 Å². The molecule has 0 spiro atoms. The van der Waals surface area contributed by atoms with Gasteiger partial charge < -0.3 is 4.57 Å². The first kappa shape index (κ1) is 14.2. The topological polar surface area (TPSA) is 53.2 Å². The molecule has 17 heavy (non-hydrogen) atoms. The van der Waals surface area contributed by atoms with Gasteiger partial charge in [-0.05, 0) is 22.6 Å². The standard InChI is InChI=1S/C8H8F3IN2O3/c1-13-4-5(12)6(15)14(7(13)16)2-3-17-8(9,10)11/h4H,2-3H2,1H3. The Bertz CT molecular complexity index is 486. The fraction of sp³-hybridized carbons (Fsp3) is 0.500. The van der Waals surface area contributed by atoms with Gasteiger partial charge in [-0.2, -0.15) is 0 Å². The Morgan fingerprint density at radius 3 is 2.53 bits per heavy atom. The molecule has 0 bridgehead atoms. The summed E-state index contributed by atoms with van der Waals surface area (Å²) in [5, 5.41) is 0. The SMILES string of the molecule is Cn1cc(I)c(=O)n(CCOC(F)(F)F)c1=O. The molecule has 0 atom stereocenters. The second-order valence-corrected chi connectivity index (χ2v) is 4.28. The predicted octanol–water partition coefficient (Wildman–Crippen LogP) is 0.688. The summed E-state index contributed by atoms with van der Waals surface area (Å²) < 4.78 is 40.8. The van der Waals surface area contributed by atoms with Crippen LogP contribution in [0.3, 0.4) is 0 Å². The number of ether oxygens (including phenoxy) is 1. The van der Waals surface area contributed by atoms with E-state index in [4.69, 9.17) is 0 Å². The summed E-state index contributed by atoms with van der Waals surface area (Å²) in [7, 11) is 1.41. The van der Waals surface area contributed by atoms with E-state index >= 15 is 0 Å². The van der Waals surface area contributed by atoms with Crippen molar-refractivity contribution >= 4 is 22.6 Å². The lowest BCUT2D eigenvalue weighted by Gasteiger charge is -2.09. The van der Waals surface area contributed by atoms with Gasteiger partial charge >= 0.3 is 12.1 Å². The van der Waals surface area contributed by atoms with E-state index in [0.29, 0.717) is 4.57 Å². The molecule has 1 rings (SSSR count). The van der Waals surface area contributed by atoms with Gasteiger partial charge in [-0.3, -0.25) is 14.1 Å². The fourth-order valence-electron chi connectivity index (χ4n) is 1.14. The Labute approximate surface area is 107 Å². The largest absolute Gasteiger partial charge is 0.522 e. The van der Waals surface area contributed by atoms with E-state index in [2.05, 4.69) is 4.74 Å². The minimum atomic E-state index is -4.77. The number of hydrogen-bond acceptors (Lipinski definition) is 3. The molecule has 0 fully saturated rings. The van der Waals surface area contributed by atoms with Crippen molar-refractivity contribution in [1.82, 2.24) is 9.13 Å². The zero-order valence-corrected chi connectivity index (χ0v) is 10.8. The average Bonchev–Trinajstić information content (AvgIpc) is 2.19. The molecule has 0 N–H and O–H groups in total. The maximum atomic E-state index is 11.7. The summed E-state index contributed by atoms with van der Waals surface area (Å²) >= 11 is 1.70.